The predicted molar refractivity (Wildman–Crippen MR) is 110 cm³/mol. The molecule has 4 rings (SSSR count). The molecule has 3 heterocycles. The van der Waals surface area contributed by atoms with E-state index in [2.05, 4.69) is 15.5 Å². The lowest BCUT2D eigenvalue weighted by Gasteiger charge is -2.45. The molecule has 3 N–H and O–H groups in total. The van der Waals surface area contributed by atoms with Gasteiger partial charge in [0.2, 0.25) is 0 Å². The molecule has 10 nitrogen and oxygen atoms in total. The van der Waals surface area contributed by atoms with Gasteiger partial charge in [-0.1, -0.05) is 0 Å². The number of carbonyl (C=O) groups is 2. The first-order chi connectivity index (χ1) is 15.0. The van der Waals surface area contributed by atoms with Crippen molar-refractivity contribution in [2.24, 2.45) is 5.92 Å². The van der Waals surface area contributed by atoms with Crippen molar-refractivity contribution in [3.8, 4) is 5.75 Å². The molecular weight excluding hydrogens is 406 g/mol. The minimum atomic E-state index is -0.873. The Kier molecular flexibility index (Phi) is 6.61. The van der Waals surface area contributed by atoms with Crippen LogP contribution in [0.1, 0.15) is 12.8 Å². The van der Waals surface area contributed by atoms with Gasteiger partial charge in [0.25, 0.3) is 0 Å². The zero-order valence-electron chi connectivity index (χ0n) is 17.7. The molecule has 31 heavy (non-hydrogen) atoms. The minimum Gasteiger partial charge on any atom is -0.497 e. The third-order valence-electron chi connectivity index (χ3n) is 6.26. The molecule has 0 spiro atoms. The summed E-state index contributed by atoms with van der Waals surface area (Å²) in [5.74, 6) is 0.353. The lowest BCUT2D eigenvalue weighted by atomic mass is 9.91. The fourth-order valence-corrected chi connectivity index (χ4v) is 4.56. The second kappa shape index (κ2) is 9.39. The Morgan fingerprint density at radius 2 is 1.87 bits per heavy atom. The number of ether oxygens (including phenoxy) is 4. The van der Waals surface area contributed by atoms with Gasteiger partial charge in [0.15, 0.2) is 6.29 Å². The number of piperidine rings is 1. The summed E-state index contributed by atoms with van der Waals surface area (Å²) < 4.78 is 21.7. The molecule has 0 radical (unpaired) electrons. The van der Waals surface area contributed by atoms with Crippen molar-refractivity contribution in [3.63, 3.8) is 0 Å². The highest BCUT2D eigenvalue weighted by atomic mass is 16.7. The third kappa shape index (κ3) is 4.62. The van der Waals surface area contributed by atoms with Crippen LogP contribution in [0.15, 0.2) is 24.3 Å². The smallest absolute Gasteiger partial charge is 0.319 e. The quantitative estimate of drug-likeness (QED) is 0.574. The number of hydrogen-bond acceptors (Lipinski definition) is 8. The van der Waals surface area contributed by atoms with E-state index < -0.39 is 36.6 Å². The zero-order chi connectivity index (χ0) is 22.0. The monoisotopic (exact) mass is 435 g/mol. The van der Waals surface area contributed by atoms with Gasteiger partial charge in [-0.25, -0.2) is 4.79 Å². The lowest BCUT2D eigenvalue weighted by molar-refractivity contribution is -0.185. The Morgan fingerprint density at radius 3 is 2.52 bits per heavy atom. The second-order valence-electron chi connectivity index (χ2n) is 8.04. The van der Waals surface area contributed by atoms with Crippen LogP contribution in [-0.2, 0) is 19.0 Å². The van der Waals surface area contributed by atoms with Crippen molar-refractivity contribution >= 4 is 17.7 Å². The van der Waals surface area contributed by atoms with Crippen molar-refractivity contribution in [2.75, 3.05) is 39.2 Å². The molecule has 10 heteroatoms. The molecule has 0 saturated carbocycles. The van der Waals surface area contributed by atoms with Gasteiger partial charge < -0.3 is 34.7 Å². The van der Waals surface area contributed by atoms with Gasteiger partial charge in [0.05, 0.1) is 44.9 Å². The van der Waals surface area contributed by atoms with Crippen LogP contribution < -0.4 is 15.4 Å². The van der Waals surface area contributed by atoms with Crippen LogP contribution >= 0.6 is 0 Å². The molecule has 0 aromatic heterocycles. The summed E-state index contributed by atoms with van der Waals surface area (Å²) in [6.45, 7) is 1.52. The molecule has 2 bridgehead atoms. The van der Waals surface area contributed by atoms with Gasteiger partial charge in [-0.05, 0) is 50.2 Å². The standard InChI is InChI=1S/C21H29N3O7/c1-28-14-5-3-13(4-6-14)22-21(27)23-16-15-11-30-20(31-15)17(18(16)25)24-9-7-12(8-10-24)19(26)29-2/h3-6,12,15-18,20,25H,7-11H2,1-2H3,(H2,22,23,27). The maximum atomic E-state index is 12.6. The number of nitrogens with one attached hydrogen (secondary N) is 2. The van der Waals surface area contributed by atoms with Crippen molar-refractivity contribution in [2.45, 2.75) is 43.4 Å². The number of benzene rings is 1. The molecule has 3 saturated heterocycles. The molecule has 3 aliphatic rings. The number of nitrogens with zero attached hydrogens (tertiary/aromatic N) is 1. The normalized spacial score (nSPS) is 31.1. The largest absolute Gasteiger partial charge is 0.497 e. The summed E-state index contributed by atoms with van der Waals surface area (Å²) in [6.07, 6.45) is -0.574. The average molecular weight is 435 g/mol. The van der Waals surface area contributed by atoms with E-state index in [-0.39, 0.29) is 11.9 Å². The number of carbonyl (C=O) groups excluding carboxylic acids is 2. The Hall–Kier alpha value is -2.40. The molecular formula is C21H29N3O7. The van der Waals surface area contributed by atoms with Gasteiger partial charge in [0, 0.05) is 5.69 Å². The minimum absolute atomic E-state index is 0.135. The number of hydrogen-bond donors (Lipinski definition) is 3. The SMILES string of the molecule is COC(=O)C1CCN(C2C3OCC(O3)C(NC(=O)Nc3ccc(OC)cc3)C2O)CC1. The molecule has 5 unspecified atom stereocenters. The highest BCUT2D eigenvalue weighted by Gasteiger charge is 2.53. The van der Waals surface area contributed by atoms with Crippen LogP contribution in [-0.4, -0.2) is 86.5 Å². The molecule has 5 atom stereocenters. The van der Waals surface area contributed by atoms with Crippen molar-refractivity contribution in [1.82, 2.24) is 10.2 Å². The van der Waals surface area contributed by atoms with Gasteiger partial charge in [-0.3, -0.25) is 9.69 Å². The Labute approximate surface area is 180 Å². The number of rotatable bonds is 5. The maximum absolute atomic E-state index is 12.6. The molecule has 0 aliphatic carbocycles. The van der Waals surface area contributed by atoms with Crippen molar-refractivity contribution < 1.29 is 33.6 Å². The Bertz CT molecular complexity index is 782. The summed E-state index contributed by atoms with van der Waals surface area (Å²) in [5, 5.41) is 16.7. The fraction of sp³-hybridized carbons (Fsp3) is 0.619. The third-order valence-corrected chi connectivity index (χ3v) is 6.26. The zero-order valence-corrected chi connectivity index (χ0v) is 17.7. The van der Waals surface area contributed by atoms with E-state index in [4.69, 9.17) is 18.9 Å². The van der Waals surface area contributed by atoms with E-state index in [9.17, 15) is 14.7 Å². The van der Waals surface area contributed by atoms with E-state index in [0.29, 0.717) is 44.0 Å². The van der Waals surface area contributed by atoms with Crippen LogP contribution in [0.5, 0.6) is 5.75 Å². The first-order valence-electron chi connectivity index (χ1n) is 10.5. The number of aliphatic hydroxyl groups is 1. The van der Waals surface area contributed by atoms with Crippen LogP contribution in [0.3, 0.4) is 0 Å². The van der Waals surface area contributed by atoms with Gasteiger partial charge in [-0.2, -0.15) is 0 Å². The second-order valence-corrected chi connectivity index (χ2v) is 8.04. The van der Waals surface area contributed by atoms with Gasteiger partial charge in [0.1, 0.15) is 11.9 Å². The number of fused-ring (bicyclic) bond motifs is 2. The molecule has 3 fully saturated rings. The van der Waals surface area contributed by atoms with E-state index in [1.165, 1.54) is 7.11 Å². The Morgan fingerprint density at radius 1 is 1.16 bits per heavy atom. The fourth-order valence-electron chi connectivity index (χ4n) is 4.56. The molecule has 1 aromatic carbocycles. The highest BCUT2D eigenvalue weighted by molar-refractivity contribution is 5.89. The predicted octanol–water partition coefficient (Wildman–Crippen LogP) is 0.555. The average Bonchev–Trinajstić information content (AvgIpc) is 3.22. The van der Waals surface area contributed by atoms with E-state index in [1.54, 1.807) is 31.4 Å². The molecule has 2 amide bonds. The lowest BCUT2D eigenvalue weighted by Crippen LogP contribution is -2.66. The van der Waals surface area contributed by atoms with Crippen molar-refractivity contribution in [1.29, 1.82) is 0 Å². The Balaban J connectivity index is 1.38. The number of likely N-dealkylation sites (tertiary alicyclic amines) is 1. The van der Waals surface area contributed by atoms with Crippen molar-refractivity contribution in [3.05, 3.63) is 24.3 Å². The first-order valence-corrected chi connectivity index (χ1v) is 10.5. The first kappa shape index (κ1) is 21.8. The number of urea groups is 1. The number of esters is 1. The number of methoxy groups -OCH3 is 2. The number of amides is 2. The number of aliphatic hydroxyl groups excluding tert-OH is 1. The summed E-state index contributed by atoms with van der Waals surface area (Å²) in [4.78, 5) is 26.4. The molecule has 1 aromatic rings. The highest BCUT2D eigenvalue weighted by Crippen LogP contribution is 2.33. The van der Waals surface area contributed by atoms with E-state index in [1.807, 2.05) is 0 Å². The van der Waals surface area contributed by atoms with Crippen LogP contribution in [0, 0.1) is 5.92 Å². The molecule has 3 aliphatic heterocycles. The van der Waals surface area contributed by atoms with E-state index >= 15 is 0 Å². The van der Waals surface area contributed by atoms with Gasteiger partial charge in [-0.15, -0.1) is 0 Å². The van der Waals surface area contributed by atoms with Crippen LogP contribution in [0.25, 0.3) is 0 Å². The van der Waals surface area contributed by atoms with Crippen LogP contribution in [0.4, 0.5) is 10.5 Å². The summed E-state index contributed by atoms with van der Waals surface area (Å²) >= 11 is 0. The van der Waals surface area contributed by atoms with E-state index in [0.717, 1.165) is 0 Å². The summed E-state index contributed by atoms with van der Waals surface area (Å²) in [6, 6.07) is 5.47. The van der Waals surface area contributed by atoms with Crippen LogP contribution in [0.2, 0.25) is 0 Å². The topological polar surface area (TPSA) is 119 Å². The summed E-state index contributed by atoms with van der Waals surface area (Å²) in [5.41, 5.74) is 0.603. The number of anilines is 1. The summed E-state index contributed by atoms with van der Waals surface area (Å²) in [7, 11) is 2.97. The maximum Gasteiger partial charge on any atom is 0.319 e. The van der Waals surface area contributed by atoms with Gasteiger partial charge >= 0.3 is 12.0 Å². The molecule has 170 valence electrons.